The van der Waals surface area contributed by atoms with Gasteiger partial charge < -0.3 is 102 Å². The van der Waals surface area contributed by atoms with Gasteiger partial charge in [-0.15, -0.1) is 0 Å². The minimum Gasteiger partial charge on any atom is -0.480 e. The lowest BCUT2D eigenvalue weighted by molar-refractivity contribution is -0.277. The van der Waals surface area contributed by atoms with Gasteiger partial charge in [0.15, 0.2) is 0 Å². The summed E-state index contributed by atoms with van der Waals surface area (Å²) in [7, 11) is 0. The van der Waals surface area contributed by atoms with E-state index in [1.807, 2.05) is 0 Å². The maximum absolute atomic E-state index is 13.4. The number of aliphatic hydroxyl groups excluding tert-OH is 8. The Morgan fingerprint density at radius 2 is 0.971 bits per heavy atom. The molecule has 2 aliphatic heterocycles. The van der Waals surface area contributed by atoms with Gasteiger partial charge in [-0.25, -0.2) is 0 Å². The van der Waals surface area contributed by atoms with Crippen molar-refractivity contribution in [1.82, 2.24) is 37.2 Å². The number of carbonyl (C=O) groups is 8. The van der Waals surface area contributed by atoms with Crippen LogP contribution in [0, 0.1) is 0 Å². The predicted octanol–water partition coefficient (Wildman–Crippen LogP) is -7.60. The summed E-state index contributed by atoms with van der Waals surface area (Å²) < 4.78 is 21.6. The second-order valence-corrected chi connectivity index (χ2v) is 16.0. The van der Waals surface area contributed by atoms with Gasteiger partial charge in [-0.05, 0) is 62.4 Å². The summed E-state index contributed by atoms with van der Waals surface area (Å²) in [5.74, 6) is -7.60. The molecule has 2 aliphatic rings. The molecular weight excluding hydrogens is 938 g/mol. The van der Waals surface area contributed by atoms with Crippen LogP contribution in [-0.4, -0.2) is 212 Å². The fourth-order valence-corrected chi connectivity index (χ4v) is 6.56. The van der Waals surface area contributed by atoms with Crippen molar-refractivity contribution in [3.63, 3.8) is 0 Å². The molecule has 2 aromatic rings. The number of rotatable bonds is 22. The first-order chi connectivity index (χ1) is 33.0. The lowest BCUT2D eigenvalue weighted by atomic mass is 9.99. The van der Waals surface area contributed by atoms with E-state index in [9.17, 15) is 84.3 Å². The summed E-state index contributed by atoms with van der Waals surface area (Å²) in [6.45, 7) is 0.0712. The Kier molecular flexibility index (Phi) is 20.7. The van der Waals surface area contributed by atoms with Gasteiger partial charge >= 0.3 is 5.97 Å². The first kappa shape index (κ1) is 56.0. The number of aliphatic carboxylic acids is 1. The third-order valence-electron chi connectivity index (χ3n) is 10.6. The molecule has 0 bridgehead atoms. The number of aliphatic hydroxyl groups is 8. The van der Waals surface area contributed by atoms with Gasteiger partial charge in [0.05, 0.1) is 19.8 Å². The Labute approximate surface area is 397 Å². The first-order valence-electron chi connectivity index (χ1n) is 21.4. The number of benzene rings is 2. The van der Waals surface area contributed by atoms with Crippen LogP contribution in [0.3, 0.4) is 0 Å². The van der Waals surface area contributed by atoms with Crippen LogP contribution >= 0.6 is 0 Å². The molecule has 2 fully saturated rings. The van der Waals surface area contributed by atoms with E-state index in [0.717, 1.165) is 13.8 Å². The van der Waals surface area contributed by atoms with E-state index < -0.39 is 166 Å². The van der Waals surface area contributed by atoms with E-state index in [1.165, 1.54) is 55.5 Å². The number of carboxylic acids is 1. The third-order valence-corrected chi connectivity index (χ3v) is 10.6. The second kappa shape index (κ2) is 25.8. The lowest BCUT2D eigenvalue weighted by Gasteiger charge is -2.39. The summed E-state index contributed by atoms with van der Waals surface area (Å²) in [5, 5.41) is 105. The summed E-state index contributed by atoms with van der Waals surface area (Å²) in [6, 6.07) is 4.26. The summed E-state index contributed by atoms with van der Waals surface area (Å²) in [4.78, 5) is 102. The minimum absolute atomic E-state index is 0.0101. The topological polar surface area (TPSA) is 440 Å². The predicted molar refractivity (Wildman–Crippen MR) is 232 cm³/mol. The molecule has 4 rings (SSSR count). The van der Waals surface area contributed by atoms with Gasteiger partial charge in [0.1, 0.15) is 84.5 Å². The minimum atomic E-state index is -1.71. The molecule has 14 atom stereocenters. The average Bonchev–Trinajstić information content (AvgIpc) is 3.33. The molecule has 7 amide bonds. The van der Waals surface area contributed by atoms with Crippen molar-refractivity contribution in [3.8, 4) is 11.5 Å². The number of carbonyl (C=O) groups excluding carboxylic acids is 7. The number of carboxylic acid groups (broad SMARTS) is 1. The standard InChI is InChI=1S/C42H57N7O21/c1-17(46-19(3)52)35(60)49-24(12-43-36(61)20-4-8-22(9-5-20)67-41-33(58)31(56)29(54)26(15-50)69-41)38(63)45-14-28(53)48-25(39(64)47-18(2)40(65)66)13-44-37(62)21-6-10-23(11-7-21)68-42-34(59)32(57)30(55)27(16-51)70-42/h4-11,17-18,24-27,29-34,41-42,50-51,54-59H,12-16H2,1-3H3,(H,43,61)(H,44,62)(H,45,63)(H,46,52)(H,47,64)(H,48,53)(H,49,60)(H,65,66)/t17-,18-,24-,25-,26+,27+,29+,30+,31-,32-,33-,34-,41-,42-/m0/s1. The molecule has 16 N–H and O–H groups in total. The summed E-state index contributed by atoms with van der Waals surface area (Å²) >= 11 is 0. The molecule has 0 saturated carbocycles. The molecule has 0 aliphatic carbocycles. The molecule has 28 nitrogen and oxygen atoms in total. The fourth-order valence-electron chi connectivity index (χ4n) is 6.56. The fraction of sp³-hybridized carbons (Fsp3) is 0.524. The van der Waals surface area contributed by atoms with Crippen LogP contribution < -0.4 is 46.7 Å². The highest BCUT2D eigenvalue weighted by molar-refractivity contribution is 5.98. The average molecular weight is 996 g/mol. The van der Waals surface area contributed by atoms with Crippen molar-refractivity contribution >= 4 is 47.3 Å². The second-order valence-electron chi connectivity index (χ2n) is 16.0. The molecule has 2 saturated heterocycles. The highest BCUT2D eigenvalue weighted by Gasteiger charge is 2.46. The Bertz CT molecular complexity index is 2150. The van der Waals surface area contributed by atoms with E-state index in [-0.39, 0.29) is 22.6 Å². The Hall–Kier alpha value is -6.60. The Morgan fingerprint density at radius 1 is 0.543 bits per heavy atom. The first-order valence-corrected chi connectivity index (χ1v) is 21.4. The van der Waals surface area contributed by atoms with Crippen molar-refractivity contribution < 1.29 is 103 Å². The van der Waals surface area contributed by atoms with Crippen molar-refractivity contribution in [3.05, 3.63) is 59.7 Å². The lowest BCUT2D eigenvalue weighted by Crippen LogP contribution is -2.60. The zero-order valence-electron chi connectivity index (χ0n) is 37.7. The highest BCUT2D eigenvalue weighted by Crippen LogP contribution is 2.26. The highest BCUT2D eigenvalue weighted by atomic mass is 16.7. The number of hydrogen-bond donors (Lipinski definition) is 16. The maximum atomic E-state index is 13.4. The van der Waals surface area contributed by atoms with E-state index in [2.05, 4.69) is 37.2 Å². The van der Waals surface area contributed by atoms with Crippen LogP contribution in [0.1, 0.15) is 41.5 Å². The van der Waals surface area contributed by atoms with Gasteiger partial charge in [-0.3, -0.25) is 38.4 Å². The molecule has 28 heteroatoms. The molecule has 386 valence electrons. The summed E-state index contributed by atoms with van der Waals surface area (Å²) in [6.07, 6.45) is -15.6. The Balaban J connectivity index is 1.38. The van der Waals surface area contributed by atoms with Gasteiger partial charge in [0.2, 0.25) is 42.1 Å². The van der Waals surface area contributed by atoms with Crippen molar-refractivity contribution in [2.75, 3.05) is 32.8 Å². The third kappa shape index (κ3) is 15.5. The SMILES string of the molecule is CC(=O)N[C@@H](C)C(=O)N[C@@H](CNC(=O)c1ccc(O[C@H]2O[C@H](CO)[C@@H](O)[C@H](O)[C@@H]2O)cc1)C(=O)NCC(=O)N[C@@H](CNC(=O)c1ccc(O[C@H]2O[C@H](CO)[C@@H](O)[C@H](O)[C@@H]2O)cc1)C(=O)N[C@@H](C)C(=O)O. The van der Waals surface area contributed by atoms with Crippen LogP contribution in [-0.2, 0) is 38.2 Å². The monoisotopic (exact) mass is 995 g/mol. The van der Waals surface area contributed by atoms with Gasteiger partial charge in [-0.1, -0.05) is 0 Å². The van der Waals surface area contributed by atoms with Crippen LogP contribution in [0.25, 0.3) is 0 Å². The van der Waals surface area contributed by atoms with Gasteiger partial charge in [0, 0.05) is 31.1 Å². The molecule has 70 heavy (non-hydrogen) atoms. The van der Waals surface area contributed by atoms with E-state index in [4.69, 9.17) is 18.9 Å². The quantitative estimate of drug-likeness (QED) is 0.0521. The van der Waals surface area contributed by atoms with Crippen LogP contribution in [0.5, 0.6) is 11.5 Å². The number of hydrogen-bond acceptors (Lipinski definition) is 20. The smallest absolute Gasteiger partial charge is 0.325 e. The molecular formula is C42H57N7O21. The van der Waals surface area contributed by atoms with E-state index in [0.29, 0.717) is 0 Å². The zero-order valence-corrected chi connectivity index (χ0v) is 37.7. The van der Waals surface area contributed by atoms with Crippen molar-refractivity contribution in [2.24, 2.45) is 0 Å². The molecule has 2 heterocycles. The maximum Gasteiger partial charge on any atom is 0.325 e. The van der Waals surface area contributed by atoms with Crippen molar-refractivity contribution in [2.45, 2.75) is 106 Å². The molecule has 0 aromatic heterocycles. The molecule has 2 aromatic carbocycles. The molecule has 0 spiro atoms. The largest absolute Gasteiger partial charge is 0.480 e. The van der Waals surface area contributed by atoms with Gasteiger partial charge in [-0.2, -0.15) is 0 Å². The van der Waals surface area contributed by atoms with Crippen LogP contribution in [0.15, 0.2) is 48.5 Å². The van der Waals surface area contributed by atoms with Crippen LogP contribution in [0.4, 0.5) is 0 Å². The van der Waals surface area contributed by atoms with E-state index >= 15 is 0 Å². The molecule has 0 unspecified atom stereocenters. The normalized spacial score (nSPS) is 25.8. The number of nitrogens with one attached hydrogen (secondary N) is 7. The van der Waals surface area contributed by atoms with Crippen LogP contribution in [0.2, 0.25) is 0 Å². The van der Waals surface area contributed by atoms with E-state index in [1.54, 1.807) is 0 Å². The zero-order chi connectivity index (χ0) is 52.0. The summed E-state index contributed by atoms with van der Waals surface area (Å²) in [5.41, 5.74) is -0.0345. The number of amides is 7. The van der Waals surface area contributed by atoms with Crippen molar-refractivity contribution in [1.29, 1.82) is 0 Å². The molecule has 0 radical (unpaired) electrons. The Morgan fingerprint density at radius 3 is 1.37 bits per heavy atom. The van der Waals surface area contributed by atoms with Gasteiger partial charge in [0.25, 0.3) is 11.8 Å². The number of ether oxygens (including phenoxy) is 4.